The van der Waals surface area contributed by atoms with Gasteiger partial charge in [-0.3, -0.25) is 4.79 Å². The first-order chi connectivity index (χ1) is 20.2. The molecule has 0 amide bonds. The summed E-state index contributed by atoms with van der Waals surface area (Å²) in [7, 11) is 0. The standard InChI is InChI=1S/C33H29F3N2O4/c1-3-40-32(39)22(2)24-11-8-12-28(19-24)41-21-26-10-5-4-9-25(26)20-38-30-14-7-6-13-29(30)37-31(38)23-15-17-27(18-16-23)42-33(34,35)36/h4-19,22H,3,20-21H2,1-2H3. The minimum Gasteiger partial charge on any atom is -0.489 e. The summed E-state index contributed by atoms with van der Waals surface area (Å²) >= 11 is 0. The molecule has 216 valence electrons. The minimum absolute atomic E-state index is 0.286. The highest BCUT2D eigenvalue weighted by Gasteiger charge is 2.31. The van der Waals surface area contributed by atoms with Gasteiger partial charge in [0.25, 0.3) is 0 Å². The zero-order valence-electron chi connectivity index (χ0n) is 23.1. The number of ether oxygens (including phenoxy) is 3. The predicted molar refractivity (Wildman–Crippen MR) is 153 cm³/mol. The number of fused-ring (bicyclic) bond motifs is 1. The Labute approximate surface area is 241 Å². The van der Waals surface area contributed by atoms with Crippen LogP contribution in [0.4, 0.5) is 13.2 Å². The van der Waals surface area contributed by atoms with Crippen LogP contribution in [0, 0.1) is 0 Å². The number of halogens is 3. The van der Waals surface area contributed by atoms with E-state index >= 15 is 0 Å². The van der Waals surface area contributed by atoms with Crippen molar-refractivity contribution in [3.05, 3.63) is 114 Å². The number of hydrogen-bond acceptors (Lipinski definition) is 5. The van der Waals surface area contributed by atoms with E-state index in [1.165, 1.54) is 12.1 Å². The Bertz CT molecular complexity index is 1680. The normalized spacial score (nSPS) is 12.2. The maximum Gasteiger partial charge on any atom is 0.573 e. The van der Waals surface area contributed by atoms with Crippen LogP contribution in [-0.2, 0) is 22.7 Å². The average Bonchev–Trinajstić information content (AvgIpc) is 3.34. The smallest absolute Gasteiger partial charge is 0.489 e. The van der Waals surface area contributed by atoms with Crippen molar-refractivity contribution in [2.45, 2.75) is 39.3 Å². The van der Waals surface area contributed by atoms with Crippen molar-refractivity contribution >= 4 is 17.0 Å². The maximum absolute atomic E-state index is 12.7. The fraction of sp³-hybridized carbons (Fsp3) is 0.212. The van der Waals surface area contributed by atoms with Gasteiger partial charge in [-0.2, -0.15) is 0 Å². The first kappa shape index (κ1) is 28.7. The molecular formula is C33H29F3N2O4. The number of para-hydroxylation sites is 2. The molecule has 4 aromatic carbocycles. The Balaban J connectivity index is 1.40. The van der Waals surface area contributed by atoms with Crippen molar-refractivity contribution in [2.24, 2.45) is 0 Å². The van der Waals surface area contributed by atoms with Crippen molar-refractivity contribution in [1.29, 1.82) is 0 Å². The highest BCUT2D eigenvalue weighted by molar-refractivity contribution is 5.81. The summed E-state index contributed by atoms with van der Waals surface area (Å²) in [5.41, 5.74) is 5.07. The Morgan fingerprint density at radius 2 is 1.60 bits per heavy atom. The molecule has 1 heterocycles. The number of imidazole rings is 1. The number of esters is 1. The highest BCUT2D eigenvalue weighted by Crippen LogP contribution is 2.30. The van der Waals surface area contributed by atoms with Gasteiger partial charge >= 0.3 is 12.3 Å². The average molecular weight is 575 g/mol. The largest absolute Gasteiger partial charge is 0.573 e. The van der Waals surface area contributed by atoms with E-state index in [1.807, 2.05) is 77.4 Å². The molecule has 5 aromatic rings. The summed E-state index contributed by atoms with van der Waals surface area (Å²) in [6, 6.07) is 28.7. The lowest BCUT2D eigenvalue weighted by Gasteiger charge is -2.16. The van der Waals surface area contributed by atoms with Gasteiger partial charge in [-0.15, -0.1) is 13.2 Å². The van der Waals surface area contributed by atoms with Crippen molar-refractivity contribution < 1.29 is 32.2 Å². The molecule has 0 N–H and O–H groups in total. The second-order valence-electron chi connectivity index (χ2n) is 9.69. The van der Waals surface area contributed by atoms with Gasteiger partial charge in [0.05, 0.1) is 30.1 Å². The van der Waals surface area contributed by atoms with Gasteiger partial charge in [-0.05, 0) is 79.1 Å². The fourth-order valence-electron chi connectivity index (χ4n) is 4.72. The Morgan fingerprint density at radius 3 is 2.33 bits per heavy atom. The Kier molecular flexibility index (Phi) is 8.47. The fourth-order valence-corrected chi connectivity index (χ4v) is 4.72. The molecule has 0 fully saturated rings. The van der Waals surface area contributed by atoms with E-state index in [0.717, 1.165) is 27.7 Å². The quantitative estimate of drug-likeness (QED) is 0.159. The van der Waals surface area contributed by atoms with Crippen LogP contribution in [0.15, 0.2) is 97.1 Å². The monoisotopic (exact) mass is 574 g/mol. The SMILES string of the molecule is CCOC(=O)C(C)c1cccc(OCc2ccccc2Cn2c(-c3ccc(OC(F)(F)F)cc3)nc3ccccc32)c1. The van der Waals surface area contributed by atoms with Gasteiger partial charge in [0, 0.05) is 5.56 Å². The van der Waals surface area contributed by atoms with E-state index in [2.05, 4.69) is 4.74 Å². The first-order valence-electron chi connectivity index (χ1n) is 13.5. The molecule has 42 heavy (non-hydrogen) atoms. The third-order valence-electron chi connectivity index (χ3n) is 6.84. The number of nitrogens with zero attached hydrogens (tertiary/aromatic N) is 2. The second kappa shape index (κ2) is 12.4. The lowest BCUT2D eigenvalue weighted by Crippen LogP contribution is -2.17. The van der Waals surface area contributed by atoms with Crippen molar-refractivity contribution in [1.82, 2.24) is 9.55 Å². The van der Waals surface area contributed by atoms with E-state index in [1.54, 1.807) is 26.0 Å². The van der Waals surface area contributed by atoms with E-state index in [9.17, 15) is 18.0 Å². The molecule has 1 unspecified atom stereocenters. The number of alkyl halides is 3. The zero-order chi connectivity index (χ0) is 29.7. The number of carbonyl (C=O) groups excluding carboxylic acids is 1. The number of rotatable bonds is 10. The van der Waals surface area contributed by atoms with Gasteiger partial charge in [0.2, 0.25) is 0 Å². The molecular weight excluding hydrogens is 545 g/mol. The van der Waals surface area contributed by atoms with E-state index < -0.39 is 12.3 Å². The van der Waals surface area contributed by atoms with Gasteiger partial charge in [0.1, 0.15) is 23.9 Å². The lowest BCUT2D eigenvalue weighted by molar-refractivity contribution is -0.274. The molecule has 1 aromatic heterocycles. The first-order valence-corrected chi connectivity index (χ1v) is 13.5. The highest BCUT2D eigenvalue weighted by atomic mass is 19.4. The van der Waals surface area contributed by atoms with Crippen LogP contribution >= 0.6 is 0 Å². The predicted octanol–water partition coefficient (Wildman–Crippen LogP) is 7.90. The molecule has 0 aliphatic rings. The number of benzene rings is 4. The molecule has 0 bridgehead atoms. The summed E-state index contributed by atoms with van der Waals surface area (Å²) in [5.74, 6) is 0.255. The second-order valence-corrected chi connectivity index (χ2v) is 9.69. The van der Waals surface area contributed by atoms with Gasteiger partial charge in [0.15, 0.2) is 0 Å². The topological polar surface area (TPSA) is 62.6 Å². The number of hydrogen-bond donors (Lipinski definition) is 0. The minimum atomic E-state index is -4.76. The molecule has 0 aliphatic carbocycles. The Hall–Kier alpha value is -4.79. The molecule has 1 atom stereocenters. The van der Waals surface area contributed by atoms with Crippen molar-refractivity contribution in [3.8, 4) is 22.9 Å². The molecule has 0 saturated carbocycles. The van der Waals surface area contributed by atoms with Crippen LogP contribution in [0.25, 0.3) is 22.4 Å². The van der Waals surface area contributed by atoms with E-state index in [0.29, 0.717) is 36.9 Å². The van der Waals surface area contributed by atoms with Gasteiger partial charge < -0.3 is 18.8 Å². The van der Waals surface area contributed by atoms with Crippen molar-refractivity contribution in [2.75, 3.05) is 6.61 Å². The van der Waals surface area contributed by atoms with Crippen LogP contribution in [0.1, 0.15) is 36.5 Å². The molecule has 0 aliphatic heterocycles. The summed E-state index contributed by atoms with van der Waals surface area (Å²) < 4.78 is 55.4. The van der Waals surface area contributed by atoms with Crippen LogP contribution < -0.4 is 9.47 Å². The summed E-state index contributed by atoms with van der Waals surface area (Å²) in [6.07, 6.45) is -4.76. The third kappa shape index (κ3) is 6.74. The molecule has 9 heteroatoms. The van der Waals surface area contributed by atoms with E-state index in [4.69, 9.17) is 14.5 Å². The molecule has 0 radical (unpaired) electrons. The van der Waals surface area contributed by atoms with Crippen LogP contribution in [0.3, 0.4) is 0 Å². The third-order valence-corrected chi connectivity index (χ3v) is 6.84. The molecule has 0 saturated heterocycles. The summed E-state index contributed by atoms with van der Waals surface area (Å²) in [6.45, 7) is 4.65. The zero-order valence-corrected chi connectivity index (χ0v) is 23.1. The van der Waals surface area contributed by atoms with E-state index in [-0.39, 0.29) is 11.7 Å². The maximum atomic E-state index is 12.7. The molecule has 5 rings (SSSR count). The lowest BCUT2D eigenvalue weighted by atomic mass is 10.0. The van der Waals surface area contributed by atoms with Crippen molar-refractivity contribution in [3.63, 3.8) is 0 Å². The van der Waals surface area contributed by atoms with Gasteiger partial charge in [-0.1, -0.05) is 48.5 Å². The number of aromatic nitrogens is 2. The summed E-state index contributed by atoms with van der Waals surface area (Å²) in [4.78, 5) is 17.0. The van der Waals surface area contributed by atoms with Crippen LogP contribution in [0.2, 0.25) is 0 Å². The molecule has 6 nitrogen and oxygen atoms in total. The van der Waals surface area contributed by atoms with Gasteiger partial charge in [-0.25, -0.2) is 4.98 Å². The van der Waals surface area contributed by atoms with Crippen LogP contribution in [-0.4, -0.2) is 28.5 Å². The Morgan fingerprint density at radius 1 is 0.881 bits per heavy atom. The number of carbonyl (C=O) groups is 1. The summed E-state index contributed by atoms with van der Waals surface area (Å²) in [5, 5.41) is 0. The van der Waals surface area contributed by atoms with Crippen LogP contribution in [0.5, 0.6) is 11.5 Å². The molecule has 0 spiro atoms.